The number of nitrogens with one attached hydrogen (secondary N) is 1. The lowest BCUT2D eigenvalue weighted by Gasteiger charge is -2.38. The van der Waals surface area contributed by atoms with E-state index in [1.807, 2.05) is 24.3 Å². The first-order valence-electron chi connectivity index (χ1n) is 8.95. The molecule has 0 bridgehead atoms. The van der Waals surface area contributed by atoms with Crippen LogP contribution >= 0.6 is 0 Å². The molecule has 2 aliphatic carbocycles. The largest absolute Gasteiger partial charge is 0.336 e. The van der Waals surface area contributed by atoms with Crippen LogP contribution in [0.25, 0.3) is 0 Å². The van der Waals surface area contributed by atoms with Crippen molar-refractivity contribution < 1.29 is 9.59 Å². The van der Waals surface area contributed by atoms with Crippen LogP contribution < -0.4 is 5.32 Å². The third-order valence-corrected chi connectivity index (χ3v) is 5.46. The van der Waals surface area contributed by atoms with Crippen molar-refractivity contribution in [1.29, 1.82) is 0 Å². The van der Waals surface area contributed by atoms with E-state index < -0.39 is 0 Å². The van der Waals surface area contributed by atoms with Gasteiger partial charge < -0.3 is 10.2 Å². The van der Waals surface area contributed by atoms with Crippen LogP contribution in [-0.2, 0) is 9.59 Å². The topological polar surface area (TPSA) is 49.4 Å². The molecule has 0 radical (unpaired) electrons. The Morgan fingerprint density at radius 2 is 1.70 bits per heavy atom. The zero-order valence-electron chi connectivity index (χ0n) is 13.5. The average Bonchev–Trinajstić information content (AvgIpc) is 3.40. The first kappa shape index (κ1) is 14.7. The minimum atomic E-state index is -0.303. The van der Waals surface area contributed by atoms with E-state index >= 15 is 0 Å². The van der Waals surface area contributed by atoms with Gasteiger partial charge in [-0.2, -0.15) is 0 Å². The SMILES string of the molecule is O=C1C[C@H](C(=O)N(C2CCCCC2)C2CC2)c2ccccc2N1. The molecule has 1 aromatic rings. The summed E-state index contributed by atoms with van der Waals surface area (Å²) in [5.74, 6) is -0.161. The number of carbonyl (C=O) groups excluding carboxylic acids is 2. The van der Waals surface area contributed by atoms with Gasteiger partial charge in [0.2, 0.25) is 11.8 Å². The summed E-state index contributed by atoms with van der Waals surface area (Å²) >= 11 is 0. The number of hydrogen-bond acceptors (Lipinski definition) is 2. The van der Waals surface area contributed by atoms with Crippen molar-refractivity contribution in [3.8, 4) is 0 Å². The molecule has 1 aliphatic heterocycles. The Hall–Kier alpha value is -1.84. The van der Waals surface area contributed by atoms with E-state index in [2.05, 4.69) is 10.2 Å². The summed E-state index contributed by atoms with van der Waals surface area (Å²) in [4.78, 5) is 27.5. The minimum absolute atomic E-state index is 0.0403. The van der Waals surface area contributed by atoms with Gasteiger partial charge in [0.05, 0.1) is 5.92 Å². The van der Waals surface area contributed by atoms with E-state index in [9.17, 15) is 9.59 Å². The molecule has 1 atom stereocenters. The number of hydrogen-bond donors (Lipinski definition) is 1. The number of anilines is 1. The molecule has 0 saturated heterocycles. The molecular weight excluding hydrogens is 288 g/mol. The molecule has 3 aliphatic rings. The quantitative estimate of drug-likeness (QED) is 0.929. The molecule has 0 aromatic heterocycles. The van der Waals surface area contributed by atoms with Crippen LogP contribution in [0, 0.1) is 0 Å². The van der Waals surface area contributed by atoms with Crippen molar-refractivity contribution in [3.63, 3.8) is 0 Å². The van der Waals surface area contributed by atoms with Crippen molar-refractivity contribution >= 4 is 17.5 Å². The maximum atomic E-state index is 13.3. The molecule has 0 spiro atoms. The first-order valence-corrected chi connectivity index (χ1v) is 8.95. The van der Waals surface area contributed by atoms with Gasteiger partial charge in [0.25, 0.3) is 0 Å². The summed E-state index contributed by atoms with van der Waals surface area (Å²) in [6, 6.07) is 8.56. The van der Waals surface area contributed by atoms with E-state index in [0.29, 0.717) is 12.1 Å². The molecule has 4 rings (SSSR count). The zero-order valence-corrected chi connectivity index (χ0v) is 13.5. The molecule has 23 heavy (non-hydrogen) atoms. The number of nitrogens with zero attached hydrogens (tertiary/aromatic N) is 1. The molecule has 4 heteroatoms. The van der Waals surface area contributed by atoms with Crippen LogP contribution in [0.1, 0.15) is 62.8 Å². The lowest BCUT2D eigenvalue weighted by atomic mass is 9.87. The van der Waals surface area contributed by atoms with Gasteiger partial charge in [0, 0.05) is 24.2 Å². The molecular formula is C19H24N2O2. The van der Waals surface area contributed by atoms with Crippen LogP contribution in [0.5, 0.6) is 0 Å². The van der Waals surface area contributed by atoms with Crippen LogP contribution in [0.2, 0.25) is 0 Å². The van der Waals surface area contributed by atoms with Gasteiger partial charge in [-0.3, -0.25) is 9.59 Å². The highest BCUT2D eigenvalue weighted by molar-refractivity contribution is 6.01. The Labute approximate surface area is 137 Å². The molecule has 1 N–H and O–H groups in total. The van der Waals surface area contributed by atoms with Crippen molar-refractivity contribution in [2.45, 2.75) is 69.4 Å². The normalized spacial score (nSPS) is 24.7. The van der Waals surface area contributed by atoms with Crippen molar-refractivity contribution in [2.24, 2.45) is 0 Å². The van der Waals surface area contributed by atoms with Crippen molar-refractivity contribution in [3.05, 3.63) is 29.8 Å². The Kier molecular flexibility index (Phi) is 3.83. The molecule has 0 unspecified atom stereocenters. The van der Waals surface area contributed by atoms with E-state index in [1.165, 1.54) is 19.3 Å². The Balaban J connectivity index is 1.63. The van der Waals surface area contributed by atoms with Crippen LogP contribution in [-0.4, -0.2) is 28.8 Å². The van der Waals surface area contributed by atoms with Gasteiger partial charge in [-0.05, 0) is 37.3 Å². The highest BCUT2D eigenvalue weighted by Gasteiger charge is 2.42. The van der Waals surface area contributed by atoms with Gasteiger partial charge >= 0.3 is 0 Å². The van der Waals surface area contributed by atoms with Crippen LogP contribution in [0.4, 0.5) is 5.69 Å². The zero-order chi connectivity index (χ0) is 15.8. The molecule has 1 heterocycles. The summed E-state index contributed by atoms with van der Waals surface area (Å²) in [7, 11) is 0. The van der Waals surface area contributed by atoms with Gasteiger partial charge in [-0.15, -0.1) is 0 Å². The van der Waals surface area contributed by atoms with Crippen LogP contribution in [0.15, 0.2) is 24.3 Å². The van der Waals surface area contributed by atoms with Crippen LogP contribution in [0.3, 0.4) is 0 Å². The fraction of sp³-hybridized carbons (Fsp3) is 0.579. The number of para-hydroxylation sites is 1. The summed E-state index contributed by atoms with van der Waals surface area (Å²) in [5.41, 5.74) is 1.79. The Bertz CT molecular complexity index is 618. The number of fused-ring (bicyclic) bond motifs is 1. The molecule has 1 aromatic carbocycles. The van der Waals surface area contributed by atoms with Crippen molar-refractivity contribution in [1.82, 2.24) is 4.90 Å². The second kappa shape index (κ2) is 5.99. The highest BCUT2D eigenvalue weighted by atomic mass is 16.2. The number of carbonyl (C=O) groups is 2. The molecule has 2 amide bonds. The summed E-state index contributed by atoms with van der Waals surface area (Å²) < 4.78 is 0. The fourth-order valence-corrected chi connectivity index (χ4v) is 4.18. The maximum absolute atomic E-state index is 13.3. The number of rotatable bonds is 3. The first-order chi connectivity index (χ1) is 11.2. The average molecular weight is 312 g/mol. The standard InChI is InChI=1S/C19H24N2O2/c22-18-12-16(15-8-4-5-9-17(15)20-18)19(23)21(14-10-11-14)13-6-2-1-3-7-13/h4-5,8-9,13-14,16H,1-3,6-7,10-12H2,(H,20,22)/t16-/m0/s1. The molecule has 2 saturated carbocycles. The van der Waals surface area contributed by atoms with E-state index in [4.69, 9.17) is 0 Å². The highest BCUT2D eigenvalue weighted by Crippen LogP contribution is 2.39. The summed E-state index contributed by atoms with van der Waals surface area (Å²) in [6.45, 7) is 0. The van der Waals surface area contributed by atoms with Gasteiger partial charge in [-0.25, -0.2) is 0 Å². The Morgan fingerprint density at radius 1 is 1.00 bits per heavy atom. The minimum Gasteiger partial charge on any atom is -0.336 e. The number of amides is 2. The van der Waals surface area contributed by atoms with Gasteiger partial charge in [-0.1, -0.05) is 37.5 Å². The molecule has 4 nitrogen and oxygen atoms in total. The van der Waals surface area contributed by atoms with Gasteiger partial charge in [0.1, 0.15) is 0 Å². The van der Waals surface area contributed by atoms with E-state index in [1.54, 1.807) is 0 Å². The predicted molar refractivity (Wildman–Crippen MR) is 89.2 cm³/mol. The fourth-order valence-electron chi connectivity index (χ4n) is 4.18. The maximum Gasteiger partial charge on any atom is 0.231 e. The number of benzene rings is 1. The van der Waals surface area contributed by atoms with Crippen molar-refractivity contribution in [2.75, 3.05) is 5.32 Å². The third kappa shape index (κ3) is 2.87. The second-order valence-corrected chi connectivity index (χ2v) is 7.16. The second-order valence-electron chi connectivity index (χ2n) is 7.16. The van der Waals surface area contributed by atoms with Gasteiger partial charge in [0.15, 0.2) is 0 Å². The van der Waals surface area contributed by atoms with E-state index in [0.717, 1.165) is 36.9 Å². The van der Waals surface area contributed by atoms with E-state index in [-0.39, 0.29) is 24.2 Å². The smallest absolute Gasteiger partial charge is 0.231 e. The summed E-state index contributed by atoms with van der Waals surface area (Å²) in [6.07, 6.45) is 8.53. The summed E-state index contributed by atoms with van der Waals surface area (Å²) in [5, 5.41) is 2.90. The molecule has 2 fully saturated rings. The lowest BCUT2D eigenvalue weighted by molar-refractivity contribution is -0.138. The molecule has 122 valence electrons. The predicted octanol–water partition coefficient (Wildman–Crippen LogP) is 3.44. The lowest BCUT2D eigenvalue weighted by Crippen LogP contribution is -2.46. The Morgan fingerprint density at radius 3 is 2.43 bits per heavy atom. The monoisotopic (exact) mass is 312 g/mol. The third-order valence-electron chi connectivity index (χ3n) is 5.46.